The van der Waals surface area contributed by atoms with Crippen LogP contribution in [0.25, 0.3) is 5.70 Å². The first-order valence-corrected chi connectivity index (χ1v) is 10.6. The number of hydroxylamine groups is 1. The summed E-state index contributed by atoms with van der Waals surface area (Å²) in [7, 11) is 0. The Bertz CT molecular complexity index is 1190. The van der Waals surface area contributed by atoms with E-state index in [1.54, 1.807) is 45.0 Å². The Labute approximate surface area is 193 Å². The first-order valence-electron chi connectivity index (χ1n) is 10.6. The van der Waals surface area contributed by atoms with Gasteiger partial charge in [-0.1, -0.05) is 18.2 Å². The largest absolute Gasteiger partial charge is 0.481 e. The first-order chi connectivity index (χ1) is 15.8. The standard InChI is InChI=1S/C24H23F5N2O3/c1-5-33-30-20-19(31-12-14-8-6-7-9-15(14)21(31)32)18-13(2)16(23(25,26)24(27,28)29)10-11-17(18)34-22(20,3)4/h6-11,30H,5,12H2,1-4H3. The van der Waals surface area contributed by atoms with E-state index in [-0.39, 0.29) is 41.4 Å². The smallest absolute Gasteiger partial charge is 0.458 e. The highest BCUT2D eigenvalue weighted by Gasteiger charge is 2.60. The van der Waals surface area contributed by atoms with Gasteiger partial charge in [0.2, 0.25) is 0 Å². The van der Waals surface area contributed by atoms with E-state index in [0.717, 1.165) is 12.1 Å². The molecule has 0 radical (unpaired) electrons. The zero-order chi connectivity index (χ0) is 25.1. The predicted octanol–water partition coefficient (Wildman–Crippen LogP) is 5.69. The van der Waals surface area contributed by atoms with E-state index in [4.69, 9.17) is 9.57 Å². The number of nitrogens with zero attached hydrogens (tertiary/aromatic N) is 1. The van der Waals surface area contributed by atoms with Crippen LogP contribution < -0.4 is 10.2 Å². The number of carbonyl (C=O) groups excluding carboxylic acids is 1. The molecule has 182 valence electrons. The van der Waals surface area contributed by atoms with E-state index in [0.29, 0.717) is 11.1 Å². The van der Waals surface area contributed by atoms with Crippen molar-refractivity contribution < 1.29 is 36.3 Å². The Morgan fingerprint density at radius 1 is 1.12 bits per heavy atom. The van der Waals surface area contributed by atoms with Gasteiger partial charge in [-0.15, -0.1) is 0 Å². The number of fused-ring (bicyclic) bond motifs is 2. The molecule has 2 aromatic rings. The van der Waals surface area contributed by atoms with Gasteiger partial charge in [-0.05, 0) is 57.0 Å². The molecule has 0 unspecified atom stereocenters. The molecule has 0 atom stereocenters. The number of carbonyl (C=O) groups is 1. The molecular formula is C24H23F5N2O3. The minimum Gasteiger partial charge on any atom is -0.481 e. The number of ether oxygens (including phenoxy) is 1. The maximum absolute atomic E-state index is 14.4. The van der Waals surface area contributed by atoms with Crippen molar-refractivity contribution in [2.75, 3.05) is 6.61 Å². The summed E-state index contributed by atoms with van der Waals surface area (Å²) in [5.74, 6) is -5.42. The SMILES string of the molecule is CCONC1=C(N2Cc3ccccc3C2=O)c2c(ccc(C(F)(F)C(F)(F)F)c2C)OC1(C)C. The Hall–Kier alpha value is -3.14. The molecule has 2 aliphatic heterocycles. The topological polar surface area (TPSA) is 50.8 Å². The van der Waals surface area contributed by atoms with Gasteiger partial charge in [0.1, 0.15) is 17.0 Å². The van der Waals surface area contributed by atoms with Crippen LogP contribution >= 0.6 is 0 Å². The highest BCUT2D eigenvalue weighted by Crippen LogP contribution is 2.51. The molecule has 5 nitrogen and oxygen atoms in total. The summed E-state index contributed by atoms with van der Waals surface area (Å²) in [5.41, 5.74) is 1.55. The van der Waals surface area contributed by atoms with Crippen LogP contribution in [0.15, 0.2) is 42.1 Å². The Balaban J connectivity index is 1.99. The van der Waals surface area contributed by atoms with Crippen molar-refractivity contribution >= 4 is 11.6 Å². The van der Waals surface area contributed by atoms with Gasteiger partial charge in [0.25, 0.3) is 5.91 Å². The molecule has 0 fully saturated rings. The molecule has 0 aliphatic carbocycles. The molecule has 4 rings (SSSR count). The number of halogens is 5. The number of hydrogen-bond donors (Lipinski definition) is 1. The predicted molar refractivity (Wildman–Crippen MR) is 114 cm³/mol. The summed E-state index contributed by atoms with van der Waals surface area (Å²) in [6.45, 7) is 6.57. The Morgan fingerprint density at radius 2 is 1.79 bits per heavy atom. The monoisotopic (exact) mass is 482 g/mol. The molecule has 0 saturated heterocycles. The van der Waals surface area contributed by atoms with Crippen LogP contribution in [0.2, 0.25) is 0 Å². The van der Waals surface area contributed by atoms with Crippen LogP contribution in [0.4, 0.5) is 22.0 Å². The van der Waals surface area contributed by atoms with Gasteiger partial charge < -0.3 is 9.64 Å². The second-order valence-corrected chi connectivity index (χ2v) is 8.60. The molecule has 1 N–H and O–H groups in total. The summed E-state index contributed by atoms with van der Waals surface area (Å²) < 4.78 is 74.6. The number of nitrogens with one attached hydrogen (secondary N) is 1. The van der Waals surface area contributed by atoms with Gasteiger partial charge >= 0.3 is 12.1 Å². The van der Waals surface area contributed by atoms with Crippen molar-refractivity contribution in [2.24, 2.45) is 0 Å². The lowest BCUT2D eigenvalue weighted by Crippen LogP contribution is -2.45. The third-order valence-corrected chi connectivity index (χ3v) is 5.97. The lowest BCUT2D eigenvalue weighted by molar-refractivity contribution is -0.289. The third kappa shape index (κ3) is 3.60. The molecule has 1 amide bonds. The average Bonchev–Trinajstić information content (AvgIpc) is 3.07. The second kappa shape index (κ2) is 7.97. The molecular weight excluding hydrogens is 459 g/mol. The normalized spacial score (nSPS) is 17.4. The molecule has 2 aliphatic rings. The molecule has 2 heterocycles. The highest BCUT2D eigenvalue weighted by atomic mass is 19.4. The number of alkyl halides is 5. The van der Waals surface area contributed by atoms with Gasteiger partial charge in [0.05, 0.1) is 18.8 Å². The van der Waals surface area contributed by atoms with E-state index in [2.05, 4.69) is 5.48 Å². The van der Waals surface area contributed by atoms with Gasteiger partial charge in [0, 0.05) is 16.7 Å². The summed E-state index contributed by atoms with van der Waals surface area (Å²) in [6.07, 6.45) is -5.79. The van der Waals surface area contributed by atoms with Crippen molar-refractivity contribution in [1.82, 2.24) is 10.4 Å². The lowest BCUT2D eigenvalue weighted by atomic mass is 9.88. The number of hydrogen-bond acceptors (Lipinski definition) is 4. The maximum Gasteiger partial charge on any atom is 0.458 e. The van der Waals surface area contributed by atoms with Crippen molar-refractivity contribution in [3.8, 4) is 5.75 Å². The molecule has 34 heavy (non-hydrogen) atoms. The quantitative estimate of drug-likeness (QED) is 0.440. The van der Waals surface area contributed by atoms with Gasteiger partial charge in [-0.2, -0.15) is 22.0 Å². The van der Waals surface area contributed by atoms with E-state index in [1.807, 2.05) is 0 Å². The summed E-state index contributed by atoms with van der Waals surface area (Å²) >= 11 is 0. The van der Waals surface area contributed by atoms with Crippen molar-refractivity contribution in [1.29, 1.82) is 0 Å². The summed E-state index contributed by atoms with van der Waals surface area (Å²) in [5, 5.41) is 0. The van der Waals surface area contributed by atoms with Crippen LogP contribution in [-0.2, 0) is 17.3 Å². The lowest BCUT2D eigenvalue weighted by Gasteiger charge is -2.40. The first kappa shape index (κ1) is 24.0. The van der Waals surface area contributed by atoms with E-state index < -0.39 is 29.2 Å². The van der Waals surface area contributed by atoms with Crippen molar-refractivity contribution in [2.45, 2.75) is 51.9 Å². The van der Waals surface area contributed by atoms with Gasteiger partial charge in [-0.25, -0.2) is 0 Å². The maximum atomic E-state index is 14.4. The molecule has 10 heteroatoms. The minimum atomic E-state index is -5.79. The zero-order valence-electron chi connectivity index (χ0n) is 18.9. The van der Waals surface area contributed by atoms with E-state index in [9.17, 15) is 26.7 Å². The van der Waals surface area contributed by atoms with Gasteiger partial charge in [-0.3, -0.25) is 15.1 Å². The van der Waals surface area contributed by atoms with Crippen LogP contribution in [0.5, 0.6) is 5.75 Å². The molecule has 0 saturated carbocycles. The fourth-order valence-electron chi connectivity index (χ4n) is 4.32. The van der Waals surface area contributed by atoms with Crippen LogP contribution in [0, 0.1) is 6.92 Å². The third-order valence-electron chi connectivity index (χ3n) is 5.97. The fraction of sp³-hybridized carbons (Fsp3) is 0.375. The molecule has 0 spiro atoms. The van der Waals surface area contributed by atoms with Gasteiger partial charge in [0.15, 0.2) is 0 Å². The second-order valence-electron chi connectivity index (χ2n) is 8.60. The van der Waals surface area contributed by atoms with Crippen LogP contribution in [0.1, 0.15) is 53.4 Å². The fourth-order valence-corrected chi connectivity index (χ4v) is 4.32. The van der Waals surface area contributed by atoms with Crippen molar-refractivity contribution in [3.05, 3.63) is 69.9 Å². The molecule has 0 bridgehead atoms. The molecule has 2 aromatic carbocycles. The number of rotatable bonds is 5. The van der Waals surface area contributed by atoms with Crippen LogP contribution in [0.3, 0.4) is 0 Å². The highest BCUT2D eigenvalue weighted by molar-refractivity contribution is 6.04. The minimum absolute atomic E-state index is 0.0240. The Morgan fingerprint density at radius 3 is 2.41 bits per heavy atom. The van der Waals surface area contributed by atoms with Crippen LogP contribution in [-0.4, -0.2) is 29.2 Å². The zero-order valence-corrected chi connectivity index (χ0v) is 18.9. The average molecular weight is 482 g/mol. The van der Waals surface area contributed by atoms with E-state index >= 15 is 0 Å². The van der Waals surface area contributed by atoms with E-state index in [1.165, 1.54) is 11.8 Å². The van der Waals surface area contributed by atoms with Crippen molar-refractivity contribution in [3.63, 3.8) is 0 Å². The Kier molecular flexibility index (Phi) is 5.63. The number of benzene rings is 2. The number of amides is 1. The summed E-state index contributed by atoms with van der Waals surface area (Å²) in [6, 6.07) is 8.67. The summed E-state index contributed by atoms with van der Waals surface area (Å²) in [4.78, 5) is 20.1. The molecule has 0 aromatic heterocycles.